The first kappa shape index (κ1) is 12.8. The Labute approximate surface area is 90.7 Å². The van der Waals surface area contributed by atoms with Crippen molar-refractivity contribution in [2.45, 2.75) is 5.97 Å². The zero-order valence-corrected chi connectivity index (χ0v) is 8.38. The van der Waals surface area contributed by atoms with Gasteiger partial charge in [0.1, 0.15) is 0 Å². The van der Waals surface area contributed by atoms with Gasteiger partial charge in [-0.3, -0.25) is 0 Å². The SMILES string of the molecule is O=C1OC(O)(COCCOCCO)OC1=O. The Bertz CT molecular complexity index is 247. The maximum atomic E-state index is 10.6. The standard InChI is InChI=1S/C8H12O8/c9-1-2-13-3-4-14-5-8(12)15-6(10)7(11)16-8/h9,12H,1-5H2. The Morgan fingerprint density at radius 1 is 1.06 bits per heavy atom. The topological polar surface area (TPSA) is 112 Å². The van der Waals surface area contributed by atoms with Crippen LogP contribution in [0.15, 0.2) is 0 Å². The van der Waals surface area contributed by atoms with E-state index in [4.69, 9.17) is 14.6 Å². The highest BCUT2D eigenvalue weighted by Crippen LogP contribution is 2.17. The lowest BCUT2D eigenvalue weighted by molar-refractivity contribution is -0.312. The predicted octanol–water partition coefficient (Wildman–Crippen LogP) is -2.24. The van der Waals surface area contributed by atoms with Gasteiger partial charge in [0.2, 0.25) is 0 Å². The highest BCUT2D eigenvalue weighted by Gasteiger charge is 2.47. The Morgan fingerprint density at radius 3 is 2.19 bits per heavy atom. The first-order valence-electron chi connectivity index (χ1n) is 4.52. The molecule has 0 aromatic rings. The summed E-state index contributed by atoms with van der Waals surface area (Å²) < 4.78 is 18.2. The molecule has 0 aromatic carbocycles. The van der Waals surface area contributed by atoms with E-state index >= 15 is 0 Å². The van der Waals surface area contributed by atoms with E-state index in [9.17, 15) is 14.7 Å². The molecular weight excluding hydrogens is 224 g/mol. The van der Waals surface area contributed by atoms with Gasteiger partial charge in [-0.05, 0) is 0 Å². The molecule has 16 heavy (non-hydrogen) atoms. The summed E-state index contributed by atoms with van der Waals surface area (Å²) in [6.07, 6.45) is 0. The summed E-state index contributed by atoms with van der Waals surface area (Å²) in [5.41, 5.74) is 0. The van der Waals surface area contributed by atoms with Crippen LogP contribution in [0.5, 0.6) is 0 Å². The lowest BCUT2D eigenvalue weighted by Gasteiger charge is -2.17. The van der Waals surface area contributed by atoms with Gasteiger partial charge in [0.15, 0.2) is 6.61 Å². The number of carbonyl (C=O) groups is 2. The molecule has 1 heterocycles. The van der Waals surface area contributed by atoms with Crippen molar-refractivity contribution in [2.24, 2.45) is 0 Å². The first-order valence-corrected chi connectivity index (χ1v) is 4.52. The van der Waals surface area contributed by atoms with Gasteiger partial charge in [0.05, 0.1) is 26.4 Å². The van der Waals surface area contributed by atoms with Gasteiger partial charge in [-0.15, -0.1) is 0 Å². The summed E-state index contributed by atoms with van der Waals surface area (Å²) in [7, 11) is 0. The Balaban J connectivity index is 2.13. The monoisotopic (exact) mass is 236 g/mol. The van der Waals surface area contributed by atoms with Crippen molar-refractivity contribution in [3.63, 3.8) is 0 Å². The van der Waals surface area contributed by atoms with Gasteiger partial charge >= 0.3 is 17.9 Å². The van der Waals surface area contributed by atoms with Crippen molar-refractivity contribution < 1.29 is 38.7 Å². The Morgan fingerprint density at radius 2 is 1.62 bits per heavy atom. The molecule has 8 heteroatoms. The highest BCUT2D eigenvalue weighted by atomic mass is 16.9. The van der Waals surface area contributed by atoms with E-state index in [0.717, 1.165) is 0 Å². The molecular formula is C8H12O8. The molecule has 1 aliphatic rings. The van der Waals surface area contributed by atoms with Crippen molar-refractivity contribution in [1.82, 2.24) is 0 Å². The smallest absolute Gasteiger partial charge is 0.394 e. The zero-order valence-electron chi connectivity index (χ0n) is 8.38. The number of ether oxygens (including phenoxy) is 4. The van der Waals surface area contributed by atoms with Crippen LogP contribution >= 0.6 is 0 Å². The number of aliphatic hydroxyl groups is 2. The van der Waals surface area contributed by atoms with Crippen molar-refractivity contribution in [3.8, 4) is 0 Å². The maximum absolute atomic E-state index is 10.6. The number of rotatable bonds is 7. The van der Waals surface area contributed by atoms with Crippen LogP contribution in [0.2, 0.25) is 0 Å². The number of carbonyl (C=O) groups excluding carboxylic acids is 2. The van der Waals surface area contributed by atoms with Gasteiger partial charge in [-0.2, -0.15) is 0 Å². The van der Waals surface area contributed by atoms with Crippen molar-refractivity contribution >= 4 is 11.9 Å². The van der Waals surface area contributed by atoms with Gasteiger partial charge < -0.3 is 29.2 Å². The fourth-order valence-corrected chi connectivity index (χ4v) is 0.938. The van der Waals surface area contributed by atoms with E-state index < -0.39 is 24.5 Å². The van der Waals surface area contributed by atoms with Gasteiger partial charge in [-0.1, -0.05) is 0 Å². The third kappa shape index (κ3) is 3.74. The van der Waals surface area contributed by atoms with Crippen LogP contribution in [-0.2, 0) is 28.5 Å². The van der Waals surface area contributed by atoms with Crippen LogP contribution in [0, 0.1) is 0 Å². The number of esters is 2. The molecule has 0 bridgehead atoms. The van der Waals surface area contributed by atoms with E-state index in [0.29, 0.717) is 0 Å². The second-order valence-corrected chi connectivity index (χ2v) is 2.88. The molecule has 0 radical (unpaired) electrons. The lowest BCUT2D eigenvalue weighted by atomic mass is 10.6. The van der Waals surface area contributed by atoms with E-state index in [1.54, 1.807) is 0 Å². The van der Waals surface area contributed by atoms with Gasteiger partial charge in [0, 0.05) is 0 Å². The number of hydrogen-bond acceptors (Lipinski definition) is 8. The van der Waals surface area contributed by atoms with Crippen LogP contribution in [0.4, 0.5) is 0 Å². The largest absolute Gasteiger partial charge is 0.422 e. The molecule has 1 aliphatic heterocycles. The normalized spacial score (nSPS) is 18.4. The summed E-state index contributed by atoms with van der Waals surface area (Å²) in [4.78, 5) is 21.2. The molecule has 92 valence electrons. The third-order valence-electron chi connectivity index (χ3n) is 1.56. The molecule has 0 aliphatic carbocycles. The minimum Gasteiger partial charge on any atom is -0.394 e. The molecule has 2 N–H and O–H groups in total. The highest BCUT2D eigenvalue weighted by molar-refractivity contribution is 6.31. The van der Waals surface area contributed by atoms with Crippen LogP contribution in [0.3, 0.4) is 0 Å². The summed E-state index contributed by atoms with van der Waals surface area (Å²) in [6.45, 7) is -0.125. The van der Waals surface area contributed by atoms with Crippen LogP contribution in [0.1, 0.15) is 0 Å². The molecule has 0 amide bonds. The van der Waals surface area contributed by atoms with Crippen molar-refractivity contribution in [3.05, 3.63) is 0 Å². The first-order chi connectivity index (χ1) is 7.57. The fourth-order valence-electron chi connectivity index (χ4n) is 0.938. The minimum absolute atomic E-state index is 0.0947. The summed E-state index contributed by atoms with van der Waals surface area (Å²) in [5.74, 6) is -4.87. The summed E-state index contributed by atoms with van der Waals surface area (Å²) in [6, 6.07) is 0. The second-order valence-electron chi connectivity index (χ2n) is 2.88. The predicted molar refractivity (Wildman–Crippen MR) is 45.9 cm³/mol. The average molecular weight is 236 g/mol. The number of hydrogen-bond donors (Lipinski definition) is 2. The molecule has 1 rings (SSSR count). The zero-order chi connectivity index (χ0) is 12.0. The average Bonchev–Trinajstić information content (AvgIpc) is 2.47. The molecule has 0 aromatic heterocycles. The fraction of sp³-hybridized carbons (Fsp3) is 0.750. The molecule has 1 saturated heterocycles. The van der Waals surface area contributed by atoms with Gasteiger partial charge in [-0.25, -0.2) is 9.59 Å². The van der Waals surface area contributed by atoms with E-state index in [1.165, 1.54) is 0 Å². The van der Waals surface area contributed by atoms with Crippen molar-refractivity contribution in [2.75, 3.05) is 33.0 Å². The van der Waals surface area contributed by atoms with Crippen LogP contribution in [-0.4, -0.2) is 61.2 Å². The quantitative estimate of drug-likeness (QED) is 0.290. The third-order valence-corrected chi connectivity index (χ3v) is 1.56. The second kappa shape index (κ2) is 5.75. The van der Waals surface area contributed by atoms with Gasteiger partial charge in [0.25, 0.3) is 0 Å². The molecule has 0 atom stereocenters. The number of aliphatic hydroxyl groups excluding tert-OH is 1. The number of cyclic esters (lactones) is 2. The molecule has 1 fully saturated rings. The maximum Gasteiger partial charge on any atom is 0.422 e. The summed E-state index contributed by atoms with van der Waals surface area (Å²) in [5, 5.41) is 17.7. The van der Waals surface area contributed by atoms with E-state index in [-0.39, 0.29) is 26.4 Å². The lowest BCUT2D eigenvalue weighted by Crippen LogP contribution is -2.36. The molecule has 0 saturated carbocycles. The van der Waals surface area contributed by atoms with Crippen LogP contribution < -0.4 is 0 Å². The summed E-state index contributed by atoms with van der Waals surface area (Å²) >= 11 is 0. The van der Waals surface area contributed by atoms with E-state index in [1.807, 2.05) is 0 Å². The molecule has 0 unspecified atom stereocenters. The molecule has 8 nitrogen and oxygen atoms in total. The molecule has 0 spiro atoms. The van der Waals surface area contributed by atoms with E-state index in [2.05, 4.69) is 9.47 Å². The van der Waals surface area contributed by atoms with Crippen molar-refractivity contribution in [1.29, 1.82) is 0 Å². The Hall–Kier alpha value is -1.22. The minimum atomic E-state index is -2.34. The van der Waals surface area contributed by atoms with Crippen LogP contribution in [0.25, 0.3) is 0 Å². The Kier molecular flexibility index (Phi) is 4.62.